The lowest BCUT2D eigenvalue weighted by molar-refractivity contribution is 0.0923. The van der Waals surface area contributed by atoms with Gasteiger partial charge >= 0.3 is 6.03 Å². The van der Waals surface area contributed by atoms with Crippen LogP contribution in [0.15, 0.2) is 33.9 Å². The molecule has 0 bridgehead atoms. The molecule has 12 heteroatoms. The van der Waals surface area contributed by atoms with Gasteiger partial charge in [0.2, 0.25) is 5.16 Å². The van der Waals surface area contributed by atoms with Crippen LogP contribution in [0.5, 0.6) is 0 Å². The van der Waals surface area contributed by atoms with E-state index in [4.69, 9.17) is 0 Å². The number of thiazole rings is 1. The molecule has 1 aliphatic carbocycles. The number of carbonyl (C=O) groups excluding carboxylic acids is 2. The molecular formula is C17H18N8O2S2. The van der Waals surface area contributed by atoms with Gasteiger partial charge in [0, 0.05) is 19.2 Å². The molecule has 1 fully saturated rings. The summed E-state index contributed by atoms with van der Waals surface area (Å²) in [5.41, 5.74) is 0.444. The standard InChI is InChI=1S/C17H18N8O2S2/c1-25-17(22-23-24-25)29-12-9-19-16(28-12)21-15(27)20-14-11(7-4-8-18-14)13(26)10-5-2-3-6-10/h4,7-10H,2-3,5-6H2,1H3,(H2,18,19,20,21,27). The van der Waals surface area contributed by atoms with Crippen molar-refractivity contribution in [3.8, 4) is 0 Å². The molecular weight excluding hydrogens is 412 g/mol. The minimum atomic E-state index is -0.504. The SMILES string of the molecule is Cn1nnnc1Sc1cnc(NC(=O)Nc2ncccc2C(=O)C2CCCC2)s1. The van der Waals surface area contributed by atoms with Crippen molar-refractivity contribution in [2.75, 3.05) is 10.6 Å². The van der Waals surface area contributed by atoms with E-state index in [0.29, 0.717) is 15.9 Å². The van der Waals surface area contributed by atoms with Crippen LogP contribution in [0.4, 0.5) is 15.7 Å². The molecule has 3 heterocycles. The summed E-state index contributed by atoms with van der Waals surface area (Å²) in [6.07, 6.45) is 7.09. The number of rotatable bonds is 6. The highest BCUT2D eigenvalue weighted by Crippen LogP contribution is 2.32. The van der Waals surface area contributed by atoms with Gasteiger partial charge in [-0.05, 0) is 47.2 Å². The molecule has 0 radical (unpaired) electrons. The fraction of sp³-hybridized carbons (Fsp3) is 0.353. The molecule has 3 aromatic heterocycles. The first-order valence-electron chi connectivity index (χ1n) is 9.03. The van der Waals surface area contributed by atoms with E-state index in [1.165, 1.54) is 23.1 Å². The van der Waals surface area contributed by atoms with E-state index in [1.807, 2.05) is 0 Å². The first-order valence-corrected chi connectivity index (χ1v) is 10.7. The highest BCUT2D eigenvalue weighted by Gasteiger charge is 2.26. The fourth-order valence-electron chi connectivity index (χ4n) is 3.11. The van der Waals surface area contributed by atoms with E-state index in [0.717, 1.165) is 29.9 Å². The number of hydrogen-bond donors (Lipinski definition) is 2. The first kappa shape index (κ1) is 19.5. The van der Waals surface area contributed by atoms with Gasteiger partial charge in [0.1, 0.15) is 5.82 Å². The van der Waals surface area contributed by atoms with Gasteiger partial charge in [0.05, 0.1) is 16.0 Å². The third-order valence-electron chi connectivity index (χ3n) is 4.51. The van der Waals surface area contributed by atoms with Crippen molar-refractivity contribution >= 4 is 45.9 Å². The van der Waals surface area contributed by atoms with Crippen molar-refractivity contribution in [3.05, 3.63) is 30.1 Å². The lowest BCUT2D eigenvalue weighted by atomic mass is 9.97. The van der Waals surface area contributed by atoms with Gasteiger partial charge in [-0.1, -0.05) is 24.2 Å². The molecule has 0 aliphatic heterocycles. The second-order valence-electron chi connectivity index (χ2n) is 6.50. The second kappa shape index (κ2) is 8.66. The number of ketones is 1. The number of pyridine rings is 1. The quantitative estimate of drug-likeness (QED) is 0.571. The topological polar surface area (TPSA) is 128 Å². The Morgan fingerprint density at radius 1 is 1.24 bits per heavy atom. The van der Waals surface area contributed by atoms with E-state index >= 15 is 0 Å². The summed E-state index contributed by atoms with van der Waals surface area (Å²) in [7, 11) is 1.74. The maximum Gasteiger partial charge on any atom is 0.326 e. The summed E-state index contributed by atoms with van der Waals surface area (Å²) in [4.78, 5) is 33.5. The summed E-state index contributed by atoms with van der Waals surface area (Å²) >= 11 is 2.64. The average molecular weight is 431 g/mol. The molecule has 0 atom stereocenters. The van der Waals surface area contributed by atoms with Crippen LogP contribution in [0, 0.1) is 5.92 Å². The molecule has 150 valence electrons. The highest BCUT2D eigenvalue weighted by molar-refractivity contribution is 8.01. The van der Waals surface area contributed by atoms with Crippen molar-refractivity contribution < 1.29 is 9.59 Å². The Morgan fingerprint density at radius 2 is 2.07 bits per heavy atom. The molecule has 1 aliphatic rings. The molecule has 10 nitrogen and oxygen atoms in total. The predicted octanol–water partition coefficient (Wildman–Crippen LogP) is 3.23. The Hall–Kier alpha value is -2.86. The van der Waals surface area contributed by atoms with Gasteiger partial charge in [0.25, 0.3) is 0 Å². The molecule has 2 N–H and O–H groups in total. The normalized spacial score (nSPS) is 14.1. The Balaban J connectivity index is 1.40. The summed E-state index contributed by atoms with van der Waals surface area (Å²) in [5, 5.41) is 17.6. The van der Waals surface area contributed by atoms with Gasteiger partial charge in [-0.25, -0.2) is 19.4 Å². The van der Waals surface area contributed by atoms with Crippen molar-refractivity contribution in [2.24, 2.45) is 13.0 Å². The Morgan fingerprint density at radius 3 is 2.83 bits per heavy atom. The van der Waals surface area contributed by atoms with Crippen molar-refractivity contribution in [1.82, 2.24) is 30.2 Å². The maximum atomic E-state index is 12.7. The number of amides is 2. The van der Waals surface area contributed by atoms with Crippen LogP contribution in [0.3, 0.4) is 0 Å². The predicted molar refractivity (Wildman–Crippen MR) is 108 cm³/mol. The summed E-state index contributed by atoms with van der Waals surface area (Å²) in [5.74, 6) is 0.311. The summed E-state index contributed by atoms with van der Waals surface area (Å²) in [6, 6.07) is 2.91. The van der Waals surface area contributed by atoms with E-state index in [9.17, 15) is 9.59 Å². The zero-order valence-corrected chi connectivity index (χ0v) is 17.2. The van der Waals surface area contributed by atoms with Crippen LogP contribution in [-0.2, 0) is 7.05 Å². The first-order chi connectivity index (χ1) is 14.1. The van der Waals surface area contributed by atoms with Crippen LogP contribution in [-0.4, -0.2) is 42.0 Å². The number of hydrogen-bond acceptors (Lipinski definition) is 9. The minimum Gasteiger partial charge on any atom is -0.294 e. The van der Waals surface area contributed by atoms with Crippen LogP contribution in [0.25, 0.3) is 0 Å². The number of nitrogens with zero attached hydrogens (tertiary/aromatic N) is 6. The number of aryl methyl sites for hydroxylation is 1. The molecule has 0 aromatic carbocycles. The van der Waals surface area contributed by atoms with E-state index in [-0.39, 0.29) is 17.5 Å². The Labute approximate surface area is 174 Å². The third kappa shape index (κ3) is 4.59. The van der Waals surface area contributed by atoms with Crippen LogP contribution >= 0.6 is 23.1 Å². The number of urea groups is 1. The van der Waals surface area contributed by atoms with Crippen LogP contribution < -0.4 is 10.6 Å². The largest absolute Gasteiger partial charge is 0.326 e. The zero-order chi connectivity index (χ0) is 20.2. The monoisotopic (exact) mass is 430 g/mol. The Kier molecular flexibility index (Phi) is 5.81. The number of anilines is 2. The van der Waals surface area contributed by atoms with Crippen molar-refractivity contribution in [1.29, 1.82) is 0 Å². The van der Waals surface area contributed by atoms with Crippen LogP contribution in [0.2, 0.25) is 0 Å². The van der Waals surface area contributed by atoms with E-state index in [1.54, 1.807) is 36.3 Å². The third-order valence-corrected chi connectivity index (χ3v) is 6.55. The van der Waals surface area contributed by atoms with Gasteiger partial charge in [-0.15, -0.1) is 5.10 Å². The Bertz CT molecular complexity index is 1030. The number of Topliss-reactive ketones (excluding diaryl/α,β-unsaturated/α-hetero) is 1. The van der Waals surface area contributed by atoms with Gasteiger partial charge in [-0.3, -0.25) is 15.4 Å². The summed E-state index contributed by atoms with van der Waals surface area (Å²) in [6.45, 7) is 0. The van der Waals surface area contributed by atoms with E-state index < -0.39 is 6.03 Å². The van der Waals surface area contributed by atoms with Crippen LogP contribution in [0.1, 0.15) is 36.0 Å². The molecule has 3 aromatic rings. The molecule has 0 saturated heterocycles. The van der Waals surface area contributed by atoms with Gasteiger partial charge in [0.15, 0.2) is 10.9 Å². The summed E-state index contributed by atoms with van der Waals surface area (Å²) < 4.78 is 2.38. The zero-order valence-electron chi connectivity index (χ0n) is 15.5. The maximum absolute atomic E-state index is 12.7. The lowest BCUT2D eigenvalue weighted by Crippen LogP contribution is -2.23. The minimum absolute atomic E-state index is 0.0106. The smallest absolute Gasteiger partial charge is 0.294 e. The molecule has 4 rings (SSSR count). The van der Waals surface area contributed by atoms with Crippen molar-refractivity contribution in [2.45, 2.75) is 35.0 Å². The van der Waals surface area contributed by atoms with Crippen molar-refractivity contribution in [3.63, 3.8) is 0 Å². The lowest BCUT2D eigenvalue weighted by Gasteiger charge is -2.12. The molecule has 1 saturated carbocycles. The highest BCUT2D eigenvalue weighted by atomic mass is 32.2. The molecule has 2 amide bonds. The average Bonchev–Trinajstić information content (AvgIpc) is 3.46. The van der Waals surface area contributed by atoms with Gasteiger partial charge < -0.3 is 0 Å². The molecule has 0 unspecified atom stereocenters. The van der Waals surface area contributed by atoms with Gasteiger partial charge in [-0.2, -0.15) is 0 Å². The van der Waals surface area contributed by atoms with E-state index in [2.05, 4.69) is 36.1 Å². The number of aromatic nitrogens is 6. The fourth-order valence-corrected chi connectivity index (χ4v) is 4.81. The number of nitrogens with one attached hydrogen (secondary N) is 2. The number of carbonyl (C=O) groups is 2. The molecule has 29 heavy (non-hydrogen) atoms. The second-order valence-corrected chi connectivity index (χ2v) is 8.79. The number of tetrazole rings is 1. The molecule has 0 spiro atoms.